The maximum Gasteiger partial charge on any atom is 0.332 e. The summed E-state index contributed by atoms with van der Waals surface area (Å²) >= 11 is 0. The van der Waals surface area contributed by atoms with Crippen molar-refractivity contribution in [2.45, 2.75) is 12.3 Å². The number of primary amides is 1. The SMILES string of the molecule is NC(=O)c1ccc(C(F)(F)C(F)F)cc1-c1ccc(Nc2ccnc3[nH]c(=O)c(N)cc23)cc1. The van der Waals surface area contributed by atoms with Crippen LogP contribution in [0.1, 0.15) is 15.9 Å². The number of pyridine rings is 2. The number of aromatic amines is 1. The van der Waals surface area contributed by atoms with Gasteiger partial charge in [0.05, 0.1) is 11.4 Å². The number of anilines is 3. The number of carbonyl (C=O) groups is 1. The lowest BCUT2D eigenvalue weighted by atomic mass is 9.94. The number of aromatic nitrogens is 2. The van der Waals surface area contributed by atoms with Crippen molar-refractivity contribution < 1.29 is 22.4 Å². The summed E-state index contributed by atoms with van der Waals surface area (Å²) in [4.78, 5) is 30.2. The van der Waals surface area contributed by atoms with Gasteiger partial charge in [0, 0.05) is 28.4 Å². The molecule has 4 rings (SSSR count). The average molecular weight is 471 g/mol. The van der Waals surface area contributed by atoms with Gasteiger partial charge >= 0.3 is 12.3 Å². The molecule has 0 aliphatic carbocycles. The third-order valence-electron chi connectivity index (χ3n) is 5.20. The van der Waals surface area contributed by atoms with Crippen LogP contribution in [0.25, 0.3) is 22.2 Å². The highest BCUT2D eigenvalue weighted by molar-refractivity contribution is 6.00. The average Bonchev–Trinajstić information content (AvgIpc) is 2.80. The van der Waals surface area contributed by atoms with Gasteiger partial charge in [0.1, 0.15) is 5.65 Å². The molecule has 174 valence electrons. The number of fused-ring (bicyclic) bond motifs is 1. The second kappa shape index (κ2) is 8.50. The predicted molar refractivity (Wildman–Crippen MR) is 120 cm³/mol. The van der Waals surface area contributed by atoms with E-state index in [1.807, 2.05) is 0 Å². The van der Waals surface area contributed by atoms with Crippen LogP contribution in [0.4, 0.5) is 34.6 Å². The normalized spacial score (nSPS) is 11.7. The van der Waals surface area contributed by atoms with Crippen molar-refractivity contribution in [3.63, 3.8) is 0 Å². The van der Waals surface area contributed by atoms with Crippen LogP contribution in [0, 0.1) is 0 Å². The van der Waals surface area contributed by atoms with Gasteiger partial charge in [-0.15, -0.1) is 0 Å². The van der Waals surface area contributed by atoms with Gasteiger partial charge in [-0.05, 0) is 47.5 Å². The molecule has 0 saturated heterocycles. The number of nitrogen functional groups attached to an aromatic ring is 1. The van der Waals surface area contributed by atoms with Gasteiger partial charge in [0.2, 0.25) is 5.91 Å². The quantitative estimate of drug-likeness (QED) is 0.311. The molecular weight excluding hydrogens is 454 g/mol. The highest BCUT2D eigenvalue weighted by Gasteiger charge is 2.43. The number of hydrogen-bond donors (Lipinski definition) is 4. The van der Waals surface area contributed by atoms with E-state index in [0.717, 1.165) is 18.2 Å². The Labute approximate surface area is 189 Å². The maximum absolute atomic E-state index is 13.9. The van der Waals surface area contributed by atoms with E-state index in [1.54, 1.807) is 18.2 Å². The summed E-state index contributed by atoms with van der Waals surface area (Å²) in [7, 11) is 0. The van der Waals surface area contributed by atoms with Crippen LogP contribution >= 0.6 is 0 Å². The van der Waals surface area contributed by atoms with Gasteiger partial charge in [-0.25, -0.2) is 13.8 Å². The van der Waals surface area contributed by atoms with Crippen LogP contribution < -0.4 is 22.3 Å². The zero-order valence-corrected chi connectivity index (χ0v) is 17.3. The number of halogens is 4. The second-order valence-corrected chi connectivity index (χ2v) is 7.43. The fourth-order valence-electron chi connectivity index (χ4n) is 3.45. The molecule has 6 N–H and O–H groups in total. The first kappa shape index (κ1) is 22.8. The molecule has 0 unspecified atom stereocenters. The Morgan fingerprint density at radius 2 is 1.76 bits per heavy atom. The summed E-state index contributed by atoms with van der Waals surface area (Å²) in [5, 5.41) is 3.69. The minimum atomic E-state index is -4.39. The Hall–Kier alpha value is -4.41. The Balaban J connectivity index is 1.71. The number of nitrogens with one attached hydrogen (secondary N) is 2. The fraction of sp³-hybridized carbons (Fsp3) is 0.0870. The first-order valence-electron chi connectivity index (χ1n) is 9.83. The van der Waals surface area contributed by atoms with E-state index in [0.29, 0.717) is 28.0 Å². The molecule has 0 saturated carbocycles. The van der Waals surface area contributed by atoms with E-state index < -0.39 is 29.4 Å². The lowest BCUT2D eigenvalue weighted by molar-refractivity contribution is -0.135. The number of hydrogen-bond acceptors (Lipinski definition) is 5. The third kappa shape index (κ3) is 4.15. The molecule has 0 spiro atoms. The molecule has 4 aromatic rings. The van der Waals surface area contributed by atoms with Crippen LogP contribution in [0.3, 0.4) is 0 Å². The van der Waals surface area contributed by atoms with E-state index in [1.165, 1.54) is 24.4 Å². The summed E-state index contributed by atoms with van der Waals surface area (Å²) in [6.45, 7) is 0. The number of benzene rings is 2. The van der Waals surface area contributed by atoms with Crippen LogP contribution in [-0.4, -0.2) is 22.3 Å². The first-order valence-corrected chi connectivity index (χ1v) is 9.83. The summed E-state index contributed by atoms with van der Waals surface area (Å²) in [5.74, 6) is -5.28. The topological polar surface area (TPSA) is 127 Å². The van der Waals surface area contributed by atoms with Crippen molar-refractivity contribution in [3.05, 3.63) is 82.3 Å². The predicted octanol–water partition coefficient (Wildman–Crippen LogP) is 4.37. The number of nitrogens with zero attached hydrogens (tertiary/aromatic N) is 1. The number of H-pyrrole nitrogens is 1. The van der Waals surface area contributed by atoms with Gasteiger partial charge in [-0.1, -0.05) is 18.2 Å². The first-order chi connectivity index (χ1) is 16.1. The van der Waals surface area contributed by atoms with Gasteiger partial charge in [0.25, 0.3) is 5.56 Å². The number of carbonyl (C=O) groups excluding carboxylic acids is 1. The summed E-state index contributed by atoms with van der Waals surface area (Å²) in [6.07, 6.45) is -2.43. The standard InChI is InChI=1S/C23H17F4N5O2/c24-22(25)23(26,27)12-3-6-14(19(29)33)15(9-12)11-1-4-13(5-2-11)31-18-7-8-30-20-16(18)10-17(28)21(34)32-20/h1-10,22H,28H2,(H2,29,33)(H2,30,31,32,34). The van der Waals surface area contributed by atoms with Crippen molar-refractivity contribution >= 4 is 34.0 Å². The van der Waals surface area contributed by atoms with Crippen LogP contribution in [0.15, 0.2) is 65.6 Å². The molecule has 2 aromatic heterocycles. The molecule has 34 heavy (non-hydrogen) atoms. The largest absolute Gasteiger partial charge is 0.394 e. The van der Waals surface area contributed by atoms with E-state index in [2.05, 4.69) is 15.3 Å². The number of rotatable bonds is 6. The zero-order chi connectivity index (χ0) is 24.6. The molecule has 0 aliphatic heterocycles. The number of alkyl halides is 4. The van der Waals surface area contributed by atoms with Crippen molar-refractivity contribution in [1.29, 1.82) is 0 Å². The van der Waals surface area contributed by atoms with Gasteiger partial charge < -0.3 is 21.8 Å². The second-order valence-electron chi connectivity index (χ2n) is 7.43. The fourth-order valence-corrected chi connectivity index (χ4v) is 3.45. The Kier molecular flexibility index (Phi) is 5.70. The van der Waals surface area contributed by atoms with E-state index in [4.69, 9.17) is 11.5 Å². The lowest BCUT2D eigenvalue weighted by Crippen LogP contribution is -2.24. The summed E-state index contributed by atoms with van der Waals surface area (Å²) in [6, 6.07) is 12.0. The third-order valence-corrected chi connectivity index (χ3v) is 5.20. The highest BCUT2D eigenvalue weighted by Crippen LogP contribution is 2.38. The zero-order valence-electron chi connectivity index (χ0n) is 17.3. The van der Waals surface area contributed by atoms with Gasteiger partial charge in [-0.3, -0.25) is 9.59 Å². The van der Waals surface area contributed by atoms with Crippen molar-refractivity contribution in [2.24, 2.45) is 5.73 Å². The molecule has 0 radical (unpaired) electrons. The Bertz CT molecular complexity index is 1450. The lowest BCUT2D eigenvalue weighted by Gasteiger charge is -2.18. The van der Waals surface area contributed by atoms with Gasteiger partial charge in [0.15, 0.2) is 0 Å². The minimum absolute atomic E-state index is 0.00316. The van der Waals surface area contributed by atoms with Crippen LogP contribution in [0.5, 0.6) is 0 Å². The minimum Gasteiger partial charge on any atom is -0.394 e. The number of nitrogens with two attached hydrogens (primary N) is 2. The molecule has 2 heterocycles. The molecule has 0 fully saturated rings. The molecular formula is C23H17F4N5O2. The molecule has 0 aliphatic rings. The Morgan fingerprint density at radius 3 is 2.41 bits per heavy atom. The van der Waals surface area contributed by atoms with E-state index in [9.17, 15) is 27.2 Å². The van der Waals surface area contributed by atoms with Gasteiger partial charge in [-0.2, -0.15) is 8.78 Å². The molecule has 0 atom stereocenters. The monoisotopic (exact) mass is 471 g/mol. The molecule has 7 nitrogen and oxygen atoms in total. The van der Waals surface area contributed by atoms with E-state index in [-0.39, 0.29) is 16.8 Å². The summed E-state index contributed by atoms with van der Waals surface area (Å²) in [5.41, 5.74) is 11.4. The maximum atomic E-state index is 13.9. The molecule has 0 bridgehead atoms. The highest BCUT2D eigenvalue weighted by atomic mass is 19.3. The van der Waals surface area contributed by atoms with Crippen molar-refractivity contribution in [1.82, 2.24) is 9.97 Å². The van der Waals surface area contributed by atoms with Crippen LogP contribution in [0.2, 0.25) is 0 Å². The van der Waals surface area contributed by atoms with Crippen LogP contribution in [-0.2, 0) is 5.92 Å². The molecule has 1 amide bonds. The molecule has 2 aromatic carbocycles. The number of amides is 1. The van der Waals surface area contributed by atoms with Crippen molar-refractivity contribution in [2.75, 3.05) is 11.1 Å². The van der Waals surface area contributed by atoms with Crippen molar-refractivity contribution in [3.8, 4) is 11.1 Å². The Morgan fingerprint density at radius 1 is 1.06 bits per heavy atom. The smallest absolute Gasteiger partial charge is 0.332 e. The summed E-state index contributed by atoms with van der Waals surface area (Å²) < 4.78 is 53.4. The molecule has 11 heteroatoms. The van der Waals surface area contributed by atoms with E-state index >= 15 is 0 Å².